The average molecular weight is 254 g/mol. The molecule has 0 spiro atoms. The lowest BCUT2D eigenvalue weighted by Crippen LogP contribution is -2.48. The molecule has 0 aromatic carbocycles. The number of nitrogens with zero attached hydrogens (tertiary/aromatic N) is 2. The molecule has 2 saturated heterocycles. The van der Waals surface area contributed by atoms with Gasteiger partial charge in [-0.1, -0.05) is 12.8 Å². The number of hydrogen-bond acceptors (Lipinski definition) is 3. The van der Waals surface area contributed by atoms with E-state index in [1.165, 1.54) is 20.0 Å². The second kappa shape index (κ2) is 6.07. The molecule has 0 aromatic heterocycles. The monoisotopic (exact) mass is 254 g/mol. The first kappa shape index (κ1) is 13.2. The minimum Gasteiger partial charge on any atom is -0.453 e. The quantitative estimate of drug-likeness (QED) is 0.714. The van der Waals surface area contributed by atoms with Crippen LogP contribution >= 0.6 is 0 Å². The van der Waals surface area contributed by atoms with Crippen molar-refractivity contribution in [3.8, 4) is 0 Å². The van der Waals surface area contributed by atoms with Crippen LogP contribution in [0.1, 0.15) is 38.5 Å². The molecule has 5 heteroatoms. The SMILES string of the molecule is COC(=O)N1CCCC1C(=O)N1CCCCCC1. The van der Waals surface area contributed by atoms with Crippen molar-refractivity contribution >= 4 is 12.0 Å². The lowest BCUT2D eigenvalue weighted by Gasteiger charge is -2.28. The van der Waals surface area contributed by atoms with Gasteiger partial charge in [0.2, 0.25) is 5.91 Å². The number of ether oxygens (including phenoxy) is 1. The smallest absolute Gasteiger partial charge is 0.410 e. The van der Waals surface area contributed by atoms with Crippen molar-refractivity contribution in [1.29, 1.82) is 0 Å². The molecule has 2 aliphatic rings. The lowest BCUT2D eigenvalue weighted by atomic mass is 10.2. The van der Waals surface area contributed by atoms with Gasteiger partial charge >= 0.3 is 6.09 Å². The van der Waals surface area contributed by atoms with Crippen LogP contribution in [-0.2, 0) is 9.53 Å². The molecule has 2 aliphatic heterocycles. The van der Waals surface area contributed by atoms with Crippen molar-refractivity contribution in [2.45, 2.75) is 44.6 Å². The van der Waals surface area contributed by atoms with Crippen LogP contribution in [0, 0.1) is 0 Å². The van der Waals surface area contributed by atoms with Gasteiger partial charge in [0.1, 0.15) is 6.04 Å². The van der Waals surface area contributed by atoms with Crippen molar-refractivity contribution in [3.63, 3.8) is 0 Å². The van der Waals surface area contributed by atoms with Crippen LogP contribution in [0.15, 0.2) is 0 Å². The van der Waals surface area contributed by atoms with Gasteiger partial charge in [-0.3, -0.25) is 9.69 Å². The van der Waals surface area contributed by atoms with Crippen molar-refractivity contribution in [2.75, 3.05) is 26.7 Å². The van der Waals surface area contributed by atoms with Gasteiger partial charge in [-0.25, -0.2) is 4.79 Å². The highest BCUT2D eigenvalue weighted by atomic mass is 16.5. The summed E-state index contributed by atoms with van der Waals surface area (Å²) >= 11 is 0. The van der Waals surface area contributed by atoms with E-state index < -0.39 is 0 Å². The number of likely N-dealkylation sites (tertiary alicyclic amines) is 2. The van der Waals surface area contributed by atoms with Gasteiger partial charge in [0.15, 0.2) is 0 Å². The van der Waals surface area contributed by atoms with E-state index in [1.807, 2.05) is 4.90 Å². The summed E-state index contributed by atoms with van der Waals surface area (Å²) in [5, 5.41) is 0. The fraction of sp³-hybridized carbons (Fsp3) is 0.846. The summed E-state index contributed by atoms with van der Waals surface area (Å²) < 4.78 is 4.74. The van der Waals surface area contributed by atoms with Crippen LogP contribution in [0.2, 0.25) is 0 Å². The van der Waals surface area contributed by atoms with Gasteiger partial charge in [-0.05, 0) is 25.7 Å². The molecule has 1 atom stereocenters. The Morgan fingerprint density at radius 2 is 1.67 bits per heavy atom. The van der Waals surface area contributed by atoms with Gasteiger partial charge in [0.25, 0.3) is 0 Å². The molecular formula is C13H22N2O3. The van der Waals surface area contributed by atoms with Crippen molar-refractivity contribution in [3.05, 3.63) is 0 Å². The van der Waals surface area contributed by atoms with Crippen molar-refractivity contribution in [2.24, 2.45) is 0 Å². The summed E-state index contributed by atoms with van der Waals surface area (Å²) in [7, 11) is 1.37. The fourth-order valence-corrected chi connectivity index (χ4v) is 2.86. The van der Waals surface area contributed by atoms with E-state index >= 15 is 0 Å². The summed E-state index contributed by atoms with van der Waals surface area (Å²) in [4.78, 5) is 27.6. The molecule has 0 radical (unpaired) electrons. The maximum atomic E-state index is 12.5. The molecule has 2 fully saturated rings. The molecule has 102 valence electrons. The first-order valence-electron chi connectivity index (χ1n) is 6.87. The predicted molar refractivity (Wildman–Crippen MR) is 67.2 cm³/mol. The molecule has 1 unspecified atom stereocenters. The molecule has 0 saturated carbocycles. The van der Waals surface area contributed by atoms with Crippen molar-refractivity contribution in [1.82, 2.24) is 9.80 Å². The highest BCUT2D eigenvalue weighted by Gasteiger charge is 2.37. The molecule has 0 aromatic rings. The second-order valence-corrected chi connectivity index (χ2v) is 5.06. The van der Waals surface area contributed by atoms with E-state index in [2.05, 4.69) is 0 Å². The maximum Gasteiger partial charge on any atom is 0.410 e. The Labute approximate surface area is 108 Å². The Hall–Kier alpha value is -1.26. The zero-order valence-corrected chi connectivity index (χ0v) is 11.1. The second-order valence-electron chi connectivity index (χ2n) is 5.06. The van der Waals surface area contributed by atoms with Crippen LogP contribution in [0.3, 0.4) is 0 Å². The zero-order valence-electron chi connectivity index (χ0n) is 11.1. The van der Waals surface area contributed by atoms with Crippen LogP contribution in [-0.4, -0.2) is 54.6 Å². The van der Waals surface area contributed by atoms with E-state index in [1.54, 1.807) is 4.90 Å². The van der Waals surface area contributed by atoms with Crippen LogP contribution in [0.5, 0.6) is 0 Å². The number of carbonyl (C=O) groups excluding carboxylic acids is 2. The van der Waals surface area contributed by atoms with E-state index in [-0.39, 0.29) is 18.0 Å². The van der Waals surface area contributed by atoms with E-state index in [4.69, 9.17) is 4.74 Å². The maximum absolute atomic E-state index is 12.5. The van der Waals surface area contributed by atoms with Gasteiger partial charge in [-0.15, -0.1) is 0 Å². The normalized spacial score (nSPS) is 24.8. The van der Waals surface area contributed by atoms with Crippen LogP contribution in [0.25, 0.3) is 0 Å². The molecule has 18 heavy (non-hydrogen) atoms. The molecule has 0 bridgehead atoms. The summed E-state index contributed by atoms with van der Waals surface area (Å²) in [6, 6.07) is -0.296. The number of carbonyl (C=O) groups is 2. The van der Waals surface area contributed by atoms with Gasteiger partial charge < -0.3 is 9.64 Å². The third-order valence-electron chi connectivity index (χ3n) is 3.86. The number of methoxy groups -OCH3 is 1. The summed E-state index contributed by atoms with van der Waals surface area (Å²) in [5.74, 6) is 0.111. The third kappa shape index (κ3) is 2.76. The highest BCUT2D eigenvalue weighted by Crippen LogP contribution is 2.21. The Bertz CT molecular complexity index is 311. The Morgan fingerprint density at radius 3 is 2.28 bits per heavy atom. The molecule has 5 nitrogen and oxygen atoms in total. The number of rotatable bonds is 1. The topological polar surface area (TPSA) is 49.9 Å². The summed E-state index contributed by atoms with van der Waals surface area (Å²) in [6.45, 7) is 2.31. The van der Waals surface area contributed by atoms with Crippen molar-refractivity contribution < 1.29 is 14.3 Å². The molecule has 2 heterocycles. The van der Waals surface area contributed by atoms with Gasteiger partial charge in [-0.2, -0.15) is 0 Å². The lowest BCUT2D eigenvalue weighted by molar-refractivity contribution is -0.135. The fourth-order valence-electron chi connectivity index (χ4n) is 2.86. The third-order valence-corrected chi connectivity index (χ3v) is 3.86. The number of hydrogen-bond donors (Lipinski definition) is 0. The van der Waals surface area contributed by atoms with Gasteiger partial charge in [0, 0.05) is 19.6 Å². The molecule has 2 rings (SSSR count). The largest absolute Gasteiger partial charge is 0.453 e. The van der Waals surface area contributed by atoms with Crippen LogP contribution in [0.4, 0.5) is 4.79 Å². The standard InChI is InChI=1S/C13H22N2O3/c1-18-13(17)15-10-6-7-11(15)12(16)14-8-4-2-3-5-9-14/h11H,2-10H2,1H3. The highest BCUT2D eigenvalue weighted by molar-refractivity contribution is 5.86. The van der Waals surface area contributed by atoms with Crippen LogP contribution < -0.4 is 0 Å². The van der Waals surface area contributed by atoms with E-state index in [0.29, 0.717) is 6.54 Å². The molecule has 2 amide bonds. The molecular weight excluding hydrogens is 232 g/mol. The van der Waals surface area contributed by atoms with E-state index in [0.717, 1.165) is 38.8 Å². The predicted octanol–water partition coefficient (Wildman–Crippen LogP) is 1.62. The summed E-state index contributed by atoms with van der Waals surface area (Å²) in [5.41, 5.74) is 0. The minimum absolute atomic E-state index is 0.111. The minimum atomic E-state index is -0.374. The van der Waals surface area contributed by atoms with E-state index in [9.17, 15) is 9.59 Å². The Kier molecular flexibility index (Phi) is 4.44. The first-order valence-corrected chi connectivity index (χ1v) is 6.87. The zero-order chi connectivity index (χ0) is 13.0. The Morgan fingerprint density at radius 1 is 1.00 bits per heavy atom. The number of amides is 2. The average Bonchev–Trinajstić information content (AvgIpc) is 2.72. The molecule has 0 aliphatic carbocycles. The first-order chi connectivity index (χ1) is 8.74. The Balaban J connectivity index is 2.00. The van der Waals surface area contributed by atoms with Gasteiger partial charge in [0.05, 0.1) is 7.11 Å². The summed E-state index contributed by atoms with van der Waals surface area (Å²) in [6.07, 6.45) is 5.85. The molecule has 0 N–H and O–H groups in total.